The molecule has 5 nitrogen and oxygen atoms in total. The molecular weight excluding hydrogens is 331 g/mol. The van der Waals surface area contributed by atoms with E-state index in [1.807, 2.05) is 31.4 Å². The number of carbonyl (C=O) groups is 1. The van der Waals surface area contributed by atoms with E-state index >= 15 is 0 Å². The topological polar surface area (TPSA) is 62.7 Å². The Balaban J connectivity index is 1.57. The normalized spacial score (nSPS) is 11.0. The molecule has 4 rings (SSSR count). The van der Waals surface area contributed by atoms with Crippen molar-refractivity contribution in [3.05, 3.63) is 83.7 Å². The molecule has 0 fully saturated rings. The van der Waals surface area contributed by atoms with Gasteiger partial charge in [-0.1, -0.05) is 18.2 Å². The van der Waals surface area contributed by atoms with Crippen LogP contribution in [0.5, 0.6) is 0 Å². The Kier molecular flexibility index (Phi) is 4.01. The summed E-state index contributed by atoms with van der Waals surface area (Å²) in [6, 6.07) is 15.7. The van der Waals surface area contributed by atoms with Crippen molar-refractivity contribution in [2.45, 2.75) is 6.42 Å². The number of H-pyrrole nitrogens is 1. The van der Waals surface area contributed by atoms with Crippen LogP contribution in [0, 0.1) is 5.82 Å². The molecule has 0 atom stereocenters. The summed E-state index contributed by atoms with van der Waals surface area (Å²) in [7, 11) is 1.82. The minimum absolute atomic E-state index is 0.178. The number of halogens is 1. The molecule has 6 heteroatoms. The van der Waals surface area contributed by atoms with E-state index in [0.29, 0.717) is 29.2 Å². The SMILES string of the molecule is Cn1cccc1C(=O)Nc1ccc2nc(Cc3ccccc3F)[nH]c2c1. The molecular formula is C20H17FN4O. The maximum absolute atomic E-state index is 13.8. The highest BCUT2D eigenvalue weighted by Crippen LogP contribution is 2.20. The number of anilines is 1. The Hall–Kier alpha value is -3.41. The number of nitrogens with zero attached hydrogens (tertiary/aromatic N) is 2. The minimum Gasteiger partial charge on any atom is -0.347 e. The van der Waals surface area contributed by atoms with Gasteiger partial charge in [0.2, 0.25) is 0 Å². The molecule has 4 aromatic rings. The molecule has 1 amide bonds. The molecule has 0 bridgehead atoms. The molecule has 0 aliphatic rings. The van der Waals surface area contributed by atoms with Crippen LogP contribution in [-0.4, -0.2) is 20.4 Å². The van der Waals surface area contributed by atoms with Crippen LogP contribution in [-0.2, 0) is 13.5 Å². The third-order valence-corrected chi connectivity index (χ3v) is 4.28. The number of rotatable bonds is 4. The van der Waals surface area contributed by atoms with Crippen LogP contribution in [0.3, 0.4) is 0 Å². The Morgan fingerprint density at radius 1 is 1.19 bits per heavy atom. The van der Waals surface area contributed by atoms with E-state index in [1.165, 1.54) is 6.07 Å². The Morgan fingerprint density at radius 2 is 2.04 bits per heavy atom. The smallest absolute Gasteiger partial charge is 0.272 e. The van der Waals surface area contributed by atoms with Crippen molar-refractivity contribution in [1.82, 2.24) is 14.5 Å². The molecule has 2 aromatic heterocycles. The van der Waals surface area contributed by atoms with Crippen LogP contribution in [0.1, 0.15) is 21.9 Å². The minimum atomic E-state index is -0.247. The Labute approximate surface area is 149 Å². The predicted molar refractivity (Wildman–Crippen MR) is 98.7 cm³/mol. The van der Waals surface area contributed by atoms with Crippen LogP contribution < -0.4 is 5.32 Å². The number of imidazole rings is 1. The second-order valence-electron chi connectivity index (χ2n) is 6.14. The summed E-state index contributed by atoms with van der Waals surface area (Å²) in [6.45, 7) is 0. The molecule has 0 saturated heterocycles. The van der Waals surface area contributed by atoms with Gasteiger partial charge < -0.3 is 14.9 Å². The summed E-state index contributed by atoms with van der Waals surface area (Å²) < 4.78 is 15.6. The van der Waals surface area contributed by atoms with Gasteiger partial charge in [0, 0.05) is 25.4 Å². The third-order valence-electron chi connectivity index (χ3n) is 4.28. The van der Waals surface area contributed by atoms with Crippen molar-refractivity contribution in [1.29, 1.82) is 0 Å². The molecule has 0 aliphatic carbocycles. The number of amides is 1. The van der Waals surface area contributed by atoms with Crippen molar-refractivity contribution in [3.63, 3.8) is 0 Å². The Morgan fingerprint density at radius 3 is 2.81 bits per heavy atom. The second-order valence-corrected chi connectivity index (χ2v) is 6.14. The average molecular weight is 348 g/mol. The molecule has 0 radical (unpaired) electrons. The highest BCUT2D eigenvalue weighted by molar-refractivity contribution is 6.03. The molecule has 2 aromatic carbocycles. The van der Waals surface area contributed by atoms with Crippen molar-refractivity contribution in [2.24, 2.45) is 7.05 Å². The molecule has 0 spiro atoms. The fraction of sp³-hybridized carbons (Fsp3) is 0.100. The summed E-state index contributed by atoms with van der Waals surface area (Å²) in [5.74, 6) is 0.252. The number of benzene rings is 2. The van der Waals surface area contributed by atoms with Gasteiger partial charge in [-0.25, -0.2) is 9.37 Å². The lowest BCUT2D eigenvalue weighted by Crippen LogP contribution is -2.15. The molecule has 2 heterocycles. The summed E-state index contributed by atoms with van der Waals surface area (Å²) in [4.78, 5) is 20.0. The predicted octanol–water partition coefficient (Wildman–Crippen LogP) is 3.88. The van der Waals surface area contributed by atoms with Gasteiger partial charge in [0.05, 0.1) is 11.0 Å². The molecule has 26 heavy (non-hydrogen) atoms. The number of hydrogen-bond donors (Lipinski definition) is 2. The van der Waals surface area contributed by atoms with Crippen LogP contribution in [0.25, 0.3) is 11.0 Å². The Bertz CT molecular complexity index is 1100. The highest BCUT2D eigenvalue weighted by Gasteiger charge is 2.11. The van der Waals surface area contributed by atoms with Gasteiger partial charge in [0.1, 0.15) is 17.3 Å². The van der Waals surface area contributed by atoms with Gasteiger partial charge in [0.25, 0.3) is 5.91 Å². The number of aryl methyl sites for hydroxylation is 1. The lowest BCUT2D eigenvalue weighted by Gasteiger charge is -2.06. The van der Waals surface area contributed by atoms with E-state index in [9.17, 15) is 9.18 Å². The van der Waals surface area contributed by atoms with Crippen LogP contribution in [0.15, 0.2) is 60.8 Å². The number of fused-ring (bicyclic) bond motifs is 1. The largest absolute Gasteiger partial charge is 0.347 e. The van der Waals surface area contributed by atoms with Crippen molar-refractivity contribution in [3.8, 4) is 0 Å². The van der Waals surface area contributed by atoms with Crippen LogP contribution >= 0.6 is 0 Å². The first-order valence-corrected chi connectivity index (χ1v) is 8.25. The molecule has 0 unspecified atom stereocenters. The van der Waals surface area contributed by atoms with Gasteiger partial charge in [-0.2, -0.15) is 0 Å². The first kappa shape index (κ1) is 16.1. The van der Waals surface area contributed by atoms with Gasteiger partial charge in [0.15, 0.2) is 0 Å². The average Bonchev–Trinajstić information content (AvgIpc) is 3.22. The summed E-state index contributed by atoms with van der Waals surface area (Å²) in [6.07, 6.45) is 2.20. The molecule has 0 saturated carbocycles. The van der Waals surface area contributed by atoms with E-state index < -0.39 is 0 Å². The zero-order valence-electron chi connectivity index (χ0n) is 14.2. The first-order chi connectivity index (χ1) is 12.6. The maximum Gasteiger partial charge on any atom is 0.272 e. The van der Waals surface area contributed by atoms with Crippen molar-refractivity contribution < 1.29 is 9.18 Å². The fourth-order valence-corrected chi connectivity index (χ4v) is 2.94. The molecule has 2 N–H and O–H groups in total. The zero-order valence-corrected chi connectivity index (χ0v) is 14.2. The third kappa shape index (κ3) is 3.09. The second kappa shape index (κ2) is 6.48. The van der Waals surface area contributed by atoms with E-state index in [1.54, 1.807) is 34.9 Å². The fourth-order valence-electron chi connectivity index (χ4n) is 2.94. The lowest BCUT2D eigenvalue weighted by atomic mass is 10.1. The number of carbonyl (C=O) groups excluding carboxylic acids is 1. The van der Waals surface area contributed by atoms with Gasteiger partial charge in [-0.3, -0.25) is 4.79 Å². The summed E-state index contributed by atoms with van der Waals surface area (Å²) in [5, 5.41) is 2.88. The zero-order chi connectivity index (χ0) is 18.1. The molecule has 130 valence electrons. The van der Waals surface area contributed by atoms with Gasteiger partial charge in [-0.15, -0.1) is 0 Å². The lowest BCUT2D eigenvalue weighted by molar-refractivity contribution is 0.101. The number of aromatic nitrogens is 3. The van der Waals surface area contributed by atoms with E-state index in [4.69, 9.17) is 0 Å². The highest BCUT2D eigenvalue weighted by atomic mass is 19.1. The van der Waals surface area contributed by atoms with Crippen LogP contribution in [0.4, 0.5) is 10.1 Å². The van der Waals surface area contributed by atoms with Crippen molar-refractivity contribution >= 4 is 22.6 Å². The maximum atomic E-state index is 13.8. The van der Waals surface area contributed by atoms with E-state index in [2.05, 4.69) is 15.3 Å². The number of hydrogen-bond acceptors (Lipinski definition) is 2. The first-order valence-electron chi connectivity index (χ1n) is 8.25. The molecule has 0 aliphatic heterocycles. The van der Waals surface area contributed by atoms with Gasteiger partial charge in [-0.05, 0) is 42.0 Å². The van der Waals surface area contributed by atoms with E-state index in [-0.39, 0.29) is 11.7 Å². The van der Waals surface area contributed by atoms with Crippen molar-refractivity contribution in [2.75, 3.05) is 5.32 Å². The quantitative estimate of drug-likeness (QED) is 0.588. The number of nitrogens with one attached hydrogen (secondary N) is 2. The van der Waals surface area contributed by atoms with E-state index in [0.717, 1.165) is 11.0 Å². The van der Waals surface area contributed by atoms with Gasteiger partial charge >= 0.3 is 0 Å². The van der Waals surface area contributed by atoms with Crippen LogP contribution in [0.2, 0.25) is 0 Å². The monoisotopic (exact) mass is 348 g/mol. The standard InChI is InChI=1S/C20H17FN4O/c1-25-10-4-7-18(25)20(26)22-14-8-9-16-17(12-14)24-19(23-16)11-13-5-2-3-6-15(13)21/h2-10,12H,11H2,1H3,(H,22,26)(H,23,24). The number of aromatic amines is 1. The summed E-state index contributed by atoms with van der Waals surface area (Å²) >= 11 is 0. The summed E-state index contributed by atoms with van der Waals surface area (Å²) in [5.41, 5.74) is 3.40.